The van der Waals surface area contributed by atoms with Gasteiger partial charge in [-0.2, -0.15) is 0 Å². The minimum Gasteiger partial charge on any atom is -0.493 e. The number of rotatable bonds is 4. The van der Waals surface area contributed by atoms with Crippen LogP contribution in [0.5, 0.6) is 5.75 Å². The Kier molecular flexibility index (Phi) is 4.49. The summed E-state index contributed by atoms with van der Waals surface area (Å²) in [5, 5.41) is 2.74. The lowest BCUT2D eigenvalue weighted by atomic mass is 9.92. The second-order valence-electron chi connectivity index (χ2n) is 7.00. The fraction of sp³-hybridized carbons (Fsp3) is 0.450. The van der Waals surface area contributed by atoms with Crippen LogP contribution < -0.4 is 10.1 Å². The second-order valence-corrected chi connectivity index (χ2v) is 7.00. The average Bonchev–Trinajstić information content (AvgIpc) is 3.30. The largest absolute Gasteiger partial charge is 0.493 e. The number of likely N-dealkylation sites (tertiary alicyclic amines) is 1. The van der Waals surface area contributed by atoms with Gasteiger partial charge in [-0.3, -0.25) is 9.69 Å². The van der Waals surface area contributed by atoms with Gasteiger partial charge in [0.25, 0.3) is 5.91 Å². The van der Waals surface area contributed by atoms with Gasteiger partial charge in [-0.1, -0.05) is 12.1 Å². The van der Waals surface area contributed by atoms with Gasteiger partial charge in [-0.25, -0.2) is 0 Å². The number of ether oxygens (including phenoxy) is 1. The third-order valence-corrected chi connectivity index (χ3v) is 5.32. The molecule has 1 aromatic carbocycles. The van der Waals surface area contributed by atoms with Crippen molar-refractivity contribution in [3.05, 3.63) is 52.8 Å². The first-order chi connectivity index (χ1) is 12.2. The van der Waals surface area contributed by atoms with Gasteiger partial charge < -0.3 is 15.0 Å². The van der Waals surface area contributed by atoms with Gasteiger partial charge >= 0.3 is 0 Å². The van der Waals surface area contributed by atoms with Crippen molar-refractivity contribution in [3.8, 4) is 5.75 Å². The van der Waals surface area contributed by atoms with E-state index in [1.807, 2.05) is 12.3 Å². The number of nitrogens with one attached hydrogen (secondary N) is 2. The lowest BCUT2D eigenvalue weighted by Crippen LogP contribution is -2.34. The third kappa shape index (κ3) is 3.29. The minimum absolute atomic E-state index is 0.00741. The quantitative estimate of drug-likeness (QED) is 0.900. The number of nitrogens with zero attached hydrogens (tertiary/aromatic N) is 1. The van der Waals surface area contributed by atoms with E-state index in [2.05, 4.69) is 33.4 Å². The molecule has 1 unspecified atom stereocenters. The second kappa shape index (κ2) is 6.92. The minimum atomic E-state index is -0.00741. The highest BCUT2D eigenvalue weighted by Crippen LogP contribution is 2.30. The third-order valence-electron chi connectivity index (χ3n) is 5.32. The van der Waals surface area contributed by atoms with Gasteiger partial charge in [-0.15, -0.1) is 0 Å². The maximum Gasteiger partial charge on any atom is 0.252 e. The molecule has 0 spiro atoms. The van der Waals surface area contributed by atoms with Crippen molar-refractivity contribution in [2.45, 2.75) is 31.7 Å². The number of hydrogen-bond acceptors (Lipinski definition) is 3. The Bertz CT molecular complexity index is 768. The van der Waals surface area contributed by atoms with Crippen LogP contribution in [0.2, 0.25) is 0 Å². The van der Waals surface area contributed by atoms with Crippen molar-refractivity contribution in [3.63, 3.8) is 0 Å². The topological polar surface area (TPSA) is 57.4 Å². The standard InChI is InChI=1S/C20H25N3O2/c1-21-20(24)17-6-8-22-19(17)16-3-2-9-23(13-16)12-14-4-5-18-15(11-14)7-10-25-18/h4-6,8,11,16,22H,2-3,7,9-10,12-13H2,1H3,(H,21,24). The molecule has 5 heteroatoms. The smallest absolute Gasteiger partial charge is 0.252 e. The number of carbonyl (C=O) groups is 1. The fourth-order valence-electron chi connectivity index (χ4n) is 4.08. The molecule has 0 aliphatic carbocycles. The van der Waals surface area contributed by atoms with Crippen molar-refractivity contribution in [1.82, 2.24) is 15.2 Å². The van der Waals surface area contributed by atoms with E-state index in [1.54, 1.807) is 7.05 Å². The zero-order valence-electron chi connectivity index (χ0n) is 14.7. The summed E-state index contributed by atoms with van der Waals surface area (Å²) in [6.45, 7) is 3.86. The molecule has 2 aliphatic rings. The van der Waals surface area contributed by atoms with Gasteiger partial charge in [0.15, 0.2) is 0 Å². The molecule has 25 heavy (non-hydrogen) atoms. The van der Waals surface area contributed by atoms with E-state index in [9.17, 15) is 4.79 Å². The SMILES string of the molecule is CNC(=O)c1cc[nH]c1C1CCCN(Cc2ccc3c(c2)CCO3)C1. The molecule has 1 aromatic heterocycles. The summed E-state index contributed by atoms with van der Waals surface area (Å²) in [7, 11) is 1.68. The highest BCUT2D eigenvalue weighted by Gasteiger charge is 2.26. The summed E-state index contributed by atoms with van der Waals surface area (Å²) in [5.41, 5.74) is 4.54. The lowest BCUT2D eigenvalue weighted by Gasteiger charge is -2.33. The molecule has 3 heterocycles. The van der Waals surface area contributed by atoms with E-state index in [-0.39, 0.29) is 5.91 Å². The lowest BCUT2D eigenvalue weighted by molar-refractivity contribution is 0.0960. The van der Waals surface area contributed by atoms with E-state index in [4.69, 9.17) is 4.74 Å². The molecule has 2 aromatic rings. The first kappa shape index (κ1) is 16.2. The van der Waals surface area contributed by atoms with Crippen LogP contribution in [0, 0.1) is 0 Å². The highest BCUT2D eigenvalue weighted by molar-refractivity contribution is 5.95. The van der Waals surface area contributed by atoms with Gasteiger partial charge in [-0.05, 0) is 42.6 Å². The zero-order valence-corrected chi connectivity index (χ0v) is 14.7. The molecule has 1 amide bonds. The van der Waals surface area contributed by atoms with E-state index < -0.39 is 0 Å². The number of fused-ring (bicyclic) bond motifs is 1. The van der Waals surface area contributed by atoms with Crippen molar-refractivity contribution in [1.29, 1.82) is 0 Å². The highest BCUT2D eigenvalue weighted by atomic mass is 16.5. The number of amides is 1. The molecule has 1 saturated heterocycles. The maximum absolute atomic E-state index is 12.1. The van der Waals surface area contributed by atoms with Crippen LogP contribution in [0.25, 0.3) is 0 Å². The summed E-state index contributed by atoms with van der Waals surface area (Å²) in [5.74, 6) is 1.42. The summed E-state index contributed by atoms with van der Waals surface area (Å²) in [6, 6.07) is 8.45. The van der Waals surface area contributed by atoms with Crippen molar-refractivity contribution in [2.24, 2.45) is 0 Å². The van der Waals surface area contributed by atoms with Crippen molar-refractivity contribution >= 4 is 5.91 Å². The van der Waals surface area contributed by atoms with Gasteiger partial charge in [0.05, 0.1) is 12.2 Å². The molecule has 4 rings (SSSR count). The van der Waals surface area contributed by atoms with Crippen molar-refractivity contribution in [2.75, 3.05) is 26.7 Å². The number of aromatic amines is 1. The summed E-state index contributed by atoms with van der Waals surface area (Å²) < 4.78 is 5.60. The monoisotopic (exact) mass is 339 g/mol. The Morgan fingerprint density at radius 1 is 1.40 bits per heavy atom. The Morgan fingerprint density at radius 2 is 2.32 bits per heavy atom. The van der Waals surface area contributed by atoms with Crippen LogP contribution in [0.3, 0.4) is 0 Å². The number of H-pyrrole nitrogens is 1. The molecular weight excluding hydrogens is 314 g/mol. The van der Waals surface area contributed by atoms with Crippen LogP contribution in [-0.4, -0.2) is 42.5 Å². The van der Waals surface area contributed by atoms with Gasteiger partial charge in [0, 0.05) is 44.4 Å². The summed E-state index contributed by atoms with van der Waals surface area (Å²) in [6.07, 6.45) is 5.17. The number of carbonyl (C=O) groups excluding carboxylic acids is 1. The van der Waals surface area contributed by atoms with Crippen LogP contribution in [-0.2, 0) is 13.0 Å². The summed E-state index contributed by atoms with van der Waals surface area (Å²) >= 11 is 0. The first-order valence-electron chi connectivity index (χ1n) is 9.11. The van der Waals surface area contributed by atoms with E-state index >= 15 is 0 Å². The predicted octanol–water partition coefficient (Wildman–Crippen LogP) is 2.69. The summed E-state index contributed by atoms with van der Waals surface area (Å²) in [4.78, 5) is 17.9. The van der Waals surface area contributed by atoms with E-state index in [0.29, 0.717) is 5.92 Å². The Hall–Kier alpha value is -2.27. The first-order valence-corrected chi connectivity index (χ1v) is 9.11. The van der Waals surface area contributed by atoms with E-state index in [1.165, 1.54) is 11.1 Å². The molecule has 2 aliphatic heterocycles. The molecular formula is C20H25N3O2. The average molecular weight is 339 g/mol. The maximum atomic E-state index is 12.1. The number of piperidine rings is 1. The Morgan fingerprint density at radius 3 is 3.20 bits per heavy atom. The Labute approximate surface area is 148 Å². The normalized spacial score (nSPS) is 20.1. The molecule has 132 valence electrons. The number of hydrogen-bond donors (Lipinski definition) is 2. The Balaban J connectivity index is 1.46. The fourth-order valence-corrected chi connectivity index (χ4v) is 4.08. The van der Waals surface area contributed by atoms with Crippen LogP contribution in [0.4, 0.5) is 0 Å². The molecule has 5 nitrogen and oxygen atoms in total. The number of aromatic nitrogens is 1. The van der Waals surface area contributed by atoms with Crippen LogP contribution in [0.15, 0.2) is 30.5 Å². The van der Waals surface area contributed by atoms with Crippen LogP contribution in [0.1, 0.15) is 45.9 Å². The van der Waals surface area contributed by atoms with E-state index in [0.717, 1.165) is 62.5 Å². The van der Waals surface area contributed by atoms with Gasteiger partial charge in [0.1, 0.15) is 5.75 Å². The molecule has 1 atom stereocenters. The number of benzene rings is 1. The van der Waals surface area contributed by atoms with Crippen LogP contribution >= 0.6 is 0 Å². The molecule has 2 N–H and O–H groups in total. The molecule has 0 saturated carbocycles. The van der Waals surface area contributed by atoms with Gasteiger partial charge in [0.2, 0.25) is 0 Å². The molecule has 1 fully saturated rings. The van der Waals surface area contributed by atoms with Crippen molar-refractivity contribution < 1.29 is 9.53 Å². The zero-order chi connectivity index (χ0) is 17.2. The predicted molar refractivity (Wildman–Crippen MR) is 97.1 cm³/mol. The molecule has 0 radical (unpaired) electrons. The molecule has 0 bridgehead atoms.